The maximum Gasteiger partial charge on any atom is 0.243 e. The van der Waals surface area contributed by atoms with E-state index >= 15 is 0 Å². The Morgan fingerprint density at radius 3 is 2.44 bits per heavy atom. The van der Waals surface area contributed by atoms with Gasteiger partial charge in [0, 0.05) is 25.3 Å². The van der Waals surface area contributed by atoms with Gasteiger partial charge in [0.2, 0.25) is 10.0 Å². The lowest BCUT2D eigenvalue weighted by Crippen LogP contribution is -2.30. The van der Waals surface area contributed by atoms with Crippen LogP contribution in [-0.2, 0) is 16.6 Å². The Balaban J connectivity index is 1.71. The van der Waals surface area contributed by atoms with Crippen LogP contribution in [0, 0.1) is 0 Å². The van der Waals surface area contributed by atoms with Crippen molar-refractivity contribution in [2.24, 2.45) is 4.99 Å². The molecule has 132 valence electrons. The summed E-state index contributed by atoms with van der Waals surface area (Å²) in [4.78, 5) is 4.61. The van der Waals surface area contributed by atoms with E-state index in [1.807, 2.05) is 37.3 Å². The highest BCUT2D eigenvalue weighted by Crippen LogP contribution is 2.19. The van der Waals surface area contributed by atoms with Gasteiger partial charge in [0.25, 0.3) is 0 Å². The highest BCUT2D eigenvalue weighted by Gasteiger charge is 2.22. The molecule has 0 aromatic heterocycles. The number of sulfonamides is 1. The van der Waals surface area contributed by atoms with Crippen molar-refractivity contribution in [1.82, 2.24) is 9.62 Å². The molecule has 3 rings (SSSR count). The third-order valence-electron chi connectivity index (χ3n) is 3.98. The van der Waals surface area contributed by atoms with Crippen LogP contribution in [0.5, 0.6) is 0 Å². The fourth-order valence-electron chi connectivity index (χ4n) is 2.62. The number of rotatable bonds is 6. The molecule has 0 amide bonds. The molecule has 2 aromatic rings. The summed E-state index contributed by atoms with van der Waals surface area (Å²) in [5, 5.41) is 6.35. The Bertz CT molecular complexity index is 833. The van der Waals surface area contributed by atoms with Gasteiger partial charge >= 0.3 is 0 Å². The lowest BCUT2D eigenvalue weighted by atomic mass is 10.2. The van der Waals surface area contributed by atoms with Crippen molar-refractivity contribution in [3.63, 3.8) is 0 Å². The zero-order valence-electron chi connectivity index (χ0n) is 14.1. The van der Waals surface area contributed by atoms with E-state index in [1.165, 1.54) is 4.31 Å². The Kier molecular flexibility index (Phi) is 5.35. The zero-order valence-corrected chi connectivity index (χ0v) is 15.0. The molecule has 1 aliphatic rings. The van der Waals surface area contributed by atoms with Crippen molar-refractivity contribution < 1.29 is 8.42 Å². The van der Waals surface area contributed by atoms with Gasteiger partial charge in [-0.05, 0) is 29.8 Å². The number of nitrogens with one attached hydrogen (secondary N) is 2. The minimum Gasteiger partial charge on any atom is -0.354 e. The second-order valence-electron chi connectivity index (χ2n) is 5.72. The van der Waals surface area contributed by atoms with E-state index in [4.69, 9.17) is 0 Å². The summed E-state index contributed by atoms with van der Waals surface area (Å²) in [7, 11) is -3.49. The molecule has 0 aliphatic carbocycles. The average molecular weight is 358 g/mol. The SMILES string of the molecule is CCN(Cc1ccc(NC2=NCCN2)cc1)S(=O)(=O)c1ccccc1. The Morgan fingerprint density at radius 2 is 1.84 bits per heavy atom. The first-order valence-electron chi connectivity index (χ1n) is 8.29. The second-order valence-corrected chi connectivity index (χ2v) is 7.66. The molecule has 1 heterocycles. The lowest BCUT2D eigenvalue weighted by Gasteiger charge is -2.20. The van der Waals surface area contributed by atoms with Crippen molar-refractivity contribution in [2.45, 2.75) is 18.4 Å². The summed E-state index contributed by atoms with van der Waals surface area (Å²) in [5.41, 5.74) is 1.86. The Labute approximate surface area is 148 Å². The molecule has 1 aliphatic heterocycles. The van der Waals surface area contributed by atoms with E-state index in [0.717, 1.165) is 30.3 Å². The summed E-state index contributed by atoms with van der Waals surface area (Å²) >= 11 is 0. The molecule has 0 bridgehead atoms. The summed E-state index contributed by atoms with van der Waals surface area (Å²) in [6, 6.07) is 16.3. The quantitative estimate of drug-likeness (QED) is 0.831. The monoisotopic (exact) mass is 358 g/mol. The van der Waals surface area contributed by atoms with Crippen molar-refractivity contribution in [1.29, 1.82) is 0 Å². The van der Waals surface area contributed by atoms with E-state index in [0.29, 0.717) is 18.0 Å². The lowest BCUT2D eigenvalue weighted by molar-refractivity contribution is 0.423. The third kappa shape index (κ3) is 4.18. The average Bonchev–Trinajstić information content (AvgIpc) is 3.14. The zero-order chi connectivity index (χ0) is 17.7. The third-order valence-corrected chi connectivity index (χ3v) is 5.92. The number of nitrogens with zero attached hydrogens (tertiary/aromatic N) is 2. The van der Waals surface area contributed by atoms with Gasteiger partial charge in [-0.1, -0.05) is 37.3 Å². The van der Waals surface area contributed by atoms with Gasteiger partial charge in [-0.2, -0.15) is 4.31 Å². The van der Waals surface area contributed by atoms with Gasteiger partial charge < -0.3 is 10.6 Å². The van der Waals surface area contributed by atoms with Crippen LogP contribution >= 0.6 is 0 Å². The Morgan fingerprint density at radius 1 is 1.12 bits per heavy atom. The van der Waals surface area contributed by atoms with E-state index in [2.05, 4.69) is 15.6 Å². The standard InChI is InChI=1S/C18H22N4O2S/c1-2-22(25(23,24)17-6-4-3-5-7-17)14-15-8-10-16(11-9-15)21-18-19-12-13-20-18/h3-11H,2,12-14H2,1H3,(H2,19,20,21). The van der Waals surface area contributed by atoms with Crippen LogP contribution in [0.2, 0.25) is 0 Å². The van der Waals surface area contributed by atoms with Crippen LogP contribution in [0.4, 0.5) is 5.69 Å². The van der Waals surface area contributed by atoms with Crippen LogP contribution in [0.3, 0.4) is 0 Å². The predicted molar refractivity (Wildman–Crippen MR) is 100 cm³/mol. The summed E-state index contributed by atoms with van der Waals surface area (Å²) in [6.07, 6.45) is 0. The summed E-state index contributed by atoms with van der Waals surface area (Å²) < 4.78 is 27.0. The molecule has 25 heavy (non-hydrogen) atoms. The largest absolute Gasteiger partial charge is 0.354 e. The fourth-order valence-corrected chi connectivity index (χ4v) is 4.08. The van der Waals surface area contributed by atoms with Gasteiger partial charge in [-0.3, -0.25) is 4.99 Å². The van der Waals surface area contributed by atoms with Crippen molar-refractivity contribution in [2.75, 3.05) is 25.0 Å². The molecule has 7 heteroatoms. The molecule has 0 radical (unpaired) electrons. The number of aliphatic imine (C=N–C) groups is 1. The first kappa shape index (κ1) is 17.4. The number of hydrogen-bond donors (Lipinski definition) is 2. The van der Waals surface area contributed by atoms with Crippen molar-refractivity contribution in [3.05, 3.63) is 60.2 Å². The van der Waals surface area contributed by atoms with Crippen LogP contribution in [0.1, 0.15) is 12.5 Å². The second kappa shape index (κ2) is 7.67. The maximum absolute atomic E-state index is 12.8. The van der Waals surface area contributed by atoms with Crippen molar-refractivity contribution >= 4 is 21.7 Å². The first-order chi connectivity index (χ1) is 12.1. The molecule has 0 saturated carbocycles. The number of benzene rings is 2. The summed E-state index contributed by atoms with van der Waals surface area (Å²) in [5.74, 6) is 0.773. The van der Waals surface area contributed by atoms with Gasteiger partial charge in [0.15, 0.2) is 5.96 Å². The van der Waals surface area contributed by atoms with E-state index < -0.39 is 10.0 Å². The van der Waals surface area contributed by atoms with Crippen LogP contribution in [-0.4, -0.2) is 38.3 Å². The summed E-state index contributed by atoms with van der Waals surface area (Å²) in [6.45, 7) is 4.23. The molecule has 6 nitrogen and oxygen atoms in total. The van der Waals surface area contributed by atoms with E-state index in [9.17, 15) is 8.42 Å². The highest BCUT2D eigenvalue weighted by atomic mass is 32.2. The fraction of sp³-hybridized carbons (Fsp3) is 0.278. The molecule has 0 unspecified atom stereocenters. The first-order valence-corrected chi connectivity index (χ1v) is 9.73. The Hall–Kier alpha value is -2.38. The molecule has 0 atom stereocenters. The molecular formula is C18H22N4O2S. The number of hydrogen-bond acceptors (Lipinski definition) is 5. The highest BCUT2D eigenvalue weighted by molar-refractivity contribution is 7.89. The normalized spacial score (nSPS) is 14.2. The van der Waals surface area contributed by atoms with Crippen LogP contribution in [0.15, 0.2) is 64.5 Å². The predicted octanol–water partition coefficient (Wildman–Crippen LogP) is 2.27. The van der Waals surface area contributed by atoms with Gasteiger partial charge in [-0.25, -0.2) is 8.42 Å². The molecule has 0 spiro atoms. The topological polar surface area (TPSA) is 73.8 Å². The van der Waals surface area contributed by atoms with E-state index in [1.54, 1.807) is 24.3 Å². The number of anilines is 1. The minimum atomic E-state index is -3.49. The van der Waals surface area contributed by atoms with E-state index in [-0.39, 0.29) is 0 Å². The van der Waals surface area contributed by atoms with Gasteiger partial charge in [0.1, 0.15) is 0 Å². The number of guanidine groups is 1. The molecule has 2 N–H and O–H groups in total. The maximum atomic E-state index is 12.8. The molecular weight excluding hydrogens is 336 g/mol. The van der Waals surface area contributed by atoms with Gasteiger partial charge in [-0.15, -0.1) is 0 Å². The van der Waals surface area contributed by atoms with Crippen LogP contribution < -0.4 is 10.6 Å². The smallest absolute Gasteiger partial charge is 0.243 e. The molecule has 0 saturated heterocycles. The van der Waals surface area contributed by atoms with Gasteiger partial charge in [0.05, 0.1) is 11.4 Å². The minimum absolute atomic E-state index is 0.320. The molecule has 2 aromatic carbocycles. The molecule has 0 fully saturated rings. The van der Waals surface area contributed by atoms with Crippen molar-refractivity contribution in [3.8, 4) is 0 Å². The van der Waals surface area contributed by atoms with Crippen LogP contribution in [0.25, 0.3) is 0 Å².